The van der Waals surface area contributed by atoms with E-state index in [0.717, 1.165) is 6.08 Å². The number of aliphatic imine (C=N–C) groups is 1. The number of rotatable bonds is 4. The molecule has 0 atom stereocenters. The fraction of sp³-hybridized carbons (Fsp3) is 0.0500. The third-order valence-electron chi connectivity index (χ3n) is 4.98. The first kappa shape index (κ1) is 19.8. The van der Waals surface area contributed by atoms with Crippen molar-refractivity contribution in [1.82, 2.24) is 0 Å². The number of nitro benzene ring substituents is 1. The number of halogens is 1. The van der Waals surface area contributed by atoms with Gasteiger partial charge in [-0.1, -0.05) is 6.07 Å². The summed E-state index contributed by atoms with van der Waals surface area (Å²) < 4.78 is 14.0. The van der Waals surface area contributed by atoms with Crippen molar-refractivity contribution < 1.29 is 19.2 Å². The first-order valence-electron chi connectivity index (χ1n) is 8.79. The third-order valence-corrected chi connectivity index (χ3v) is 4.98. The van der Waals surface area contributed by atoms with Crippen molar-refractivity contribution in [1.29, 1.82) is 0 Å². The van der Waals surface area contributed by atoms with Gasteiger partial charge in [0, 0.05) is 23.3 Å². The van der Waals surface area contributed by atoms with Gasteiger partial charge in [-0.05, 0) is 42.3 Å². The fourth-order valence-electron chi connectivity index (χ4n) is 3.49. The lowest BCUT2D eigenvalue weighted by Crippen LogP contribution is -2.20. The van der Waals surface area contributed by atoms with Crippen LogP contribution in [0.15, 0.2) is 64.4 Å². The van der Waals surface area contributed by atoms with E-state index in [1.165, 1.54) is 49.4 Å². The highest BCUT2D eigenvalue weighted by Gasteiger charge is 2.41. The van der Waals surface area contributed by atoms with Gasteiger partial charge in [-0.15, -0.1) is 0 Å². The van der Waals surface area contributed by atoms with Gasteiger partial charge in [-0.3, -0.25) is 30.3 Å². The van der Waals surface area contributed by atoms with Crippen LogP contribution in [0.4, 0.5) is 15.8 Å². The van der Waals surface area contributed by atoms with Crippen molar-refractivity contribution in [3.8, 4) is 0 Å². The Morgan fingerprint density at radius 2 is 1.68 bits per heavy atom. The van der Waals surface area contributed by atoms with Crippen LogP contribution in [0.1, 0.15) is 16.7 Å². The Hall–Kier alpha value is -4.54. The average molecular weight is 422 g/mol. The van der Waals surface area contributed by atoms with Gasteiger partial charge in [-0.25, -0.2) is 9.38 Å². The number of benzene rings is 2. The van der Waals surface area contributed by atoms with Gasteiger partial charge in [0.25, 0.3) is 11.4 Å². The maximum atomic E-state index is 14.0. The van der Waals surface area contributed by atoms with E-state index in [4.69, 9.17) is 0 Å². The van der Waals surface area contributed by atoms with Gasteiger partial charge in [0.2, 0.25) is 0 Å². The van der Waals surface area contributed by atoms with E-state index in [-0.39, 0.29) is 33.8 Å². The number of non-ortho nitro benzene ring substituents is 1. The van der Waals surface area contributed by atoms with E-state index in [0.29, 0.717) is 11.1 Å². The smallest absolute Gasteiger partial charge is 0.258 e. The highest BCUT2D eigenvalue weighted by molar-refractivity contribution is 6.28. The van der Waals surface area contributed by atoms with Crippen LogP contribution in [0.2, 0.25) is 0 Å². The first-order chi connectivity index (χ1) is 14.7. The molecule has 2 aromatic carbocycles. The molecule has 11 heteroatoms. The maximum absolute atomic E-state index is 14.0. The normalized spacial score (nSPS) is 15.9. The highest BCUT2D eigenvalue weighted by atomic mass is 19.1. The second-order valence-electron chi connectivity index (χ2n) is 6.74. The van der Waals surface area contributed by atoms with E-state index in [1.807, 2.05) is 0 Å². The van der Waals surface area contributed by atoms with Crippen LogP contribution in [0.5, 0.6) is 0 Å². The molecule has 154 valence electrons. The van der Waals surface area contributed by atoms with Crippen LogP contribution in [0, 0.1) is 43.1 Å². The van der Waals surface area contributed by atoms with Gasteiger partial charge in [0.1, 0.15) is 11.5 Å². The molecule has 0 radical (unpaired) electrons. The molecule has 0 aromatic heterocycles. The summed E-state index contributed by atoms with van der Waals surface area (Å²) in [5.74, 6) is -0.564. The molecule has 0 aliphatic heterocycles. The Balaban J connectivity index is 2.02. The molecule has 0 bridgehead atoms. The van der Waals surface area contributed by atoms with E-state index in [9.17, 15) is 34.7 Å². The van der Waals surface area contributed by atoms with Crippen molar-refractivity contribution in [2.45, 2.75) is 6.92 Å². The predicted octanol–water partition coefficient (Wildman–Crippen LogP) is 4.37. The summed E-state index contributed by atoms with van der Waals surface area (Å²) >= 11 is 0. The molecule has 0 fully saturated rings. The summed E-state index contributed by atoms with van der Waals surface area (Å²) in [4.78, 5) is 36.6. The van der Waals surface area contributed by atoms with Crippen LogP contribution >= 0.6 is 0 Å². The minimum Gasteiger partial charge on any atom is -0.258 e. The first-order valence-corrected chi connectivity index (χ1v) is 8.79. The van der Waals surface area contributed by atoms with Gasteiger partial charge in [-0.2, -0.15) is 0 Å². The second-order valence-corrected chi connectivity index (χ2v) is 6.74. The SMILES string of the molecule is Cc1c(F)cccc1N=C1C2=Cc3cc([N+](=O)[O-])ccc3C2=C([N+](=O)[O-])C=C1[N+](=O)[O-]. The van der Waals surface area contributed by atoms with E-state index < -0.39 is 32.0 Å². The Morgan fingerprint density at radius 3 is 2.32 bits per heavy atom. The Morgan fingerprint density at radius 1 is 0.935 bits per heavy atom. The van der Waals surface area contributed by atoms with Gasteiger partial charge in [0.05, 0.1) is 32.1 Å². The van der Waals surface area contributed by atoms with Gasteiger partial charge in [0.15, 0.2) is 0 Å². The topological polar surface area (TPSA) is 142 Å². The Labute approximate surface area is 172 Å². The van der Waals surface area contributed by atoms with Crippen molar-refractivity contribution in [3.05, 3.63) is 112 Å². The van der Waals surface area contributed by atoms with Crippen molar-refractivity contribution in [2.75, 3.05) is 0 Å². The minimum atomic E-state index is -0.806. The standard InChI is InChI=1S/C20H11FN4O6/c1-10-15(21)3-2-4-16(10)22-20-14-8-11-7-12(23(26)27)5-6-13(11)19(14)17(24(28)29)9-18(20)25(30)31/h2-9H,1H3. The van der Waals surface area contributed by atoms with Crippen LogP contribution in [0.3, 0.4) is 0 Å². The molecule has 0 saturated carbocycles. The summed E-state index contributed by atoms with van der Waals surface area (Å²) in [6.45, 7) is 1.45. The number of hydrogen-bond acceptors (Lipinski definition) is 7. The van der Waals surface area contributed by atoms with Crippen molar-refractivity contribution in [3.63, 3.8) is 0 Å². The molecule has 0 unspecified atom stereocenters. The lowest BCUT2D eigenvalue weighted by atomic mass is 9.91. The molecule has 0 spiro atoms. The summed E-state index contributed by atoms with van der Waals surface area (Å²) in [6, 6.07) is 7.84. The van der Waals surface area contributed by atoms with Gasteiger partial charge < -0.3 is 0 Å². The Bertz CT molecular complexity index is 1340. The van der Waals surface area contributed by atoms with Crippen molar-refractivity contribution >= 4 is 28.7 Å². The van der Waals surface area contributed by atoms with E-state index >= 15 is 0 Å². The third kappa shape index (κ3) is 3.17. The molecule has 0 amide bonds. The summed E-state index contributed by atoms with van der Waals surface area (Å²) in [5, 5.41) is 34.5. The van der Waals surface area contributed by atoms with Crippen LogP contribution in [0.25, 0.3) is 11.6 Å². The number of hydrogen-bond donors (Lipinski definition) is 0. The zero-order valence-corrected chi connectivity index (χ0v) is 15.7. The van der Waals surface area contributed by atoms with Crippen LogP contribution in [-0.4, -0.2) is 20.5 Å². The van der Waals surface area contributed by atoms with Crippen LogP contribution in [-0.2, 0) is 0 Å². The highest BCUT2D eigenvalue weighted by Crippen LogP contribution is 2.44. The second kappa shape index (κ2) is 7.06. The van der Waals surface area contributed by atoms with Crippen molar-refractivity contribution in [2.24, 2.45) is 4.99 Å². The molecule has 0 N–H and O–H groups in total. The fourth-order valence-corrected chi connectivity index (χ4v) is 3.49. The molecule has 0 heterocycles. The number of nitrogens with zero attached hydrogens (tertiary/aromatic N) is 4. The maximum Gasteiger partial charge on any atom is 0.302 e. The molecule has 4 rings (SSSR count). The predicted molar refractivity (Wildman–Crippen MR) is 108 cm³/mol. The summed E-state index contributed by atoms with van der Waals surface area (Å²) in [6.07, 6.45) is 2.18. The molecule has 10 nitrogen and oxygen atoms in total. The molecule has 31 heavy (non-hydrogen) atoms. The van der Waals surface area contributed by atoms with Crippen LogP contribution < -0.4 is 0 Å². The molecule has 2 aliphatic carbocycles. The molecule has 0 saturated heterocycles. The zero-order valence-electron chi connectivity index (χ0n) is 15.7. The lowest BCUT2D eigenvalue weighted by Gasteiger charge is -2.14. The number of allylic oxidation sites excluding steroid dienone is 3. The number of nitro groups is 3. The zero-order chi connectivity index (χ0) is 22.4. The average Bonchev–Trinajstić information content (AvgIpc) is 3.09. The molecule has 2 aromatic rings. The summed E-state index contributed by atoms with van der Waals surface area (Å²) in [5.41, 5.74) is -0.585. The lowest BCUT2D eigenvalue weighted by molar-refractivity contribution is -0.428. The largest absolute Gasteiger partial charge is 0.302 e. The van der Waals surface area contributed by atoms with E-state index in [1.54, 1.807) is 0 Å². The quantitative estimate of drug-likeness (QED) is 0.529. The number of fused-ring (bicyclic) bond motifs is 3. The Kier molecular flexibility index (Phi) is 4.50. The van der Waals surface area contributed by atoms with E-state index in [2.05, 4.69) is 4.99 Å². The van der Waals surface area contributed by atoms with Gasteiger partial charge >= 0.3 is 5.70 Å². The molecular formula is C20H11FN4O6. The molecule has 2 aliphatic rings. The summed E-state index contributed by atoms with van der Waals surface area (Å²) in [7, 11) is 0. The molecular weight excluding hydrogens is 411 g/mol. The monoisotopic (exact) mass is 422 g/mol. The minimum absolute atomic E-state index is 0.0632.